The van der Waals surface area contributed by atoms with Gasteiger partial charge in [0.05, 0.1) is 12.2 Å². The second-order valence-corrected chi connectivity index (χ2v) is 7.43. The van der Waals surface area contributed by atoms with Gasteiger partial charge in [-0.3, -0.25) is 9.69 Å². The maximum absolute atomic E-state index is 12.2. The summed E-state index contributed by atoms with van der Waals surface area (Å²) >= 11 is 0. The largest absolute Gasteiger partial charge is 0.361 e. The van der Waals surface area contributed by atoms with Crippen molar-refractivity contribution in [2.45, 2.75) is 51.6 Å². The predicted octanol–water partition coefficient (Wildman–Crippen LogP) is 1.34. The summed E-state index contributed by atoms with van der Waals surface area (Å²) in [6.07, 6.45) is 6.50. The van der Waals surface area contributed by atoms with E-state index < -0.39 is 0 Å². The molecule has 0 saturated carbocycles. The fourth-order valence-electron chi connectivity index (χ4n) is 4.36. The summed E-state index contributed by atoms with van der Waals surface area (Å²) in [5.41, 5.74) is 4.81. The molecule has 0 atom stereocenters. The first kappa shape index (κ1) is 14.4. The molecule has 3 heterocycles. The zero-order valence-corrected chi connectivity index (χ0v) is 13.8. The maximum Gasteiger partial charge on any atom is 0.267 e. The molecule has 2 aromatic heterocycles. The van der Waals surface area contributed by atoms with Gasteiger partial charge in [0.25, 0.3) is 5.56 Å². The fraction of sp³-hybridized carbons (Fsp3) is 0.611. The summed E-state index contributed by atoms with van der Waals surface area (Å²) in [7, 11) is 0. The predicted molar refractivity (Wildman–Crippen MR) is 87.8 cm³/mol. The van der Waals surface area contributed by atoms with Gasteiger partial charge in [-0.15, -0.1) is 0 Å². The van der Waals surface area contributed by atoms with Crippen molar-refractivity contribution < 1.29 is 4.52 Å². The van der Waals surface area contributed by atoms with Crippen LogP contribution in [0.4, 0.5) is 0 Å². The molecule has 2 aliphatic carbocycles. The van der Waals surface area contributed by atoms with Crippen molar-refractivity contribution in [3.63, 3.8) is 0 Å². The molecule has 0 bridgehead atoms. The van der Waals surface area contributed by atoms with Crippen LogP contribution in [0.5, 0.6) is 0 Å². The van der Waals surface area contributed by atoms with Crippen LogP contribution in [0.15, 0.2) is 15.4 Å². The Morgan fingerprint density at radius 1 is 1.17 bits per heavy atom. The number of hydrogen-bond donors (Lipinski definition) is 0. The van der Waals surface area contributed by atoms with Gasteiger partial charge in [-0.05, 0) is 37.7 Å². The molecule has 0 unspecified atom stereocenters. The van der Waals surface area contributed by atoms with Gasteiger partial charge < -0.3 is 4.52 Å². The van der Waals surface area contributed by atoms with Gasteiger partial charge in [0.2, 0.25) is 0 Å². The van der Waals surface area contributed by atoms with Gasteiger partial charge in [0.15, 0.2) is 0 Å². The Bertz CT molecular complexity index is 832. The fourth-order valence-corrected chi connectivity index (χ4v) is 4.36. The summed E-state index contributed by atoms with van der Waals surface area (Å²) in [4.78, 5) is 14.6. The molecular formula is C18H22N4O2. The summed E-state index contributed by atoms with van der Waals surface area (Å²) in [6.45, 7) is 3.63. The minimum atomic E-state index is 0.0587. The van der Waals surface area contributed by atoms with Crippen LogP contribution in [-0.2, 0) is 38.8 Å². The standard InChI is InChI=1S/C18H22N4O2/c23-18-7-13-3-1-5-15(13)19-22(18)10-12-8-21(9-12)11-16-14-4-2-6-17(14)24-20-16/h7,12H,1-6,8-11H2. The van der Waals surface area contributed by atoms with Crippen molar-refractivity contribution in [3.8, 4) is 0 Å². The first-order chi connectivity index (χ1) is 11.8. The average molecular weight is 326 g/mol. The summed E-state index contributed by atoms with van der Waals surface area (Å²) in [6, 6.07) is 1.80. The second kappa shape index (κ2) is 5.55. The van der Waals surface area contributed by atoms with Crippen LogP contribution in [0.3, 0.4) is 0 Å². The monoisotopic (exact) mass is 326 g/mol. The molecule has 1 fully saturated rings. The highest BCUT2D eigenvalue weighted by molar-refractivity contribution is 5.27. The van der Waals surface area contributed by atoms with Crippen molar-refractivity contribution in [1.82, 2.24) is 19.8 Å². The Morgan fingerprint density at radius 3 is 2.96 bits per heavy atom. The molecular weight excluding hydrogens is 304 g/mol. The van der Waals surface area contributed by atoms with Crippen LogP contribution in [0.25, 0.3) is 0 Å². The van der Waals surface area contributed by atoms with Crippen molar-refractivity contribution in [2.24, 2.45) is 5.92 Å². The molecule has 0 amide bonds. The number of likely N-dealkylation sites (tertiary alicyclic amines) is 1. The Hall–Kier alpha value is -1.95. The molecule has 2 aromatic rings. The van der Waals surface area contributed by atoms with Crippen LogP contribution >= 0.6 is 0 Å². The van der Waals surface area contributed by atoms with Gasteiger partial charge in [-0.25, -0.2) is 4.68 Å². The molecule has 24 heavy (non-hydrogen) atoms. The van der Waals surface area contributed by atoms with E-state index in [0.717, 1.165) is 81.0 Å². The van der Waals surface area contributed by atoms with E-state index in [1.54, 1.807) is 10.7 Å². The summed E-state index contributed by atoms with van der Waals surface area (Å²) in [5.74, 6) is 1.60. The lowest BCUT2D eigenvalue weighted by molar-refractivity contribution is 0.0739. The average Bonchev–Trinajstić information content (AvgIpc) is 3.22. The zero-order valence-electron chi connectivity index (χ0n) is 13.8. The number of fused-ring (bicyclic) bond motifs is 2. The Balaban J connectivity index is 1.21. The van der Waals surface area contributed by atoms with Crippen LogP contribution in [0.2, 0.25) is 0 Å². The van der Waals surface area contributed by atoms with E-state index in [-0.39, 0.29) is 5.56 Å². The van der Waals surface area contributed by atoms with Gasteiger partial charge >= 0.3 is 0 Å². The normalized spacial score (nSPS) is 20.2. The lowest BCUT2D eigenvalue weighted by Gasteiger charge is -2.38. The van der Waals surface area contributed by atoms with Gasteiger partial charge in [-0.1, -0.05) is 5.16 Å². The molecule has 1 saturated heterocycles. The quantitative estimate of drug-likeness (QED) is 0.848. The molecule has 3 aliphatic rings. The van der Waals surface area contributed by atoms with E-state index in [4.69, 9.17) is 4.52 Å². The molecule has 1 aliphatic heterocycles. The Labute approximate surface area is 140 Å². The number of rotatable bonds is 4. The van der Waals surface area contributed by atoms with Crippen molar-refractivity contribution in [3.05, 3.63) is 44.7 Å². The smallest absolute Gasteiger partial charge is 0.267 e. The van der Waals surface area contributed by atoms with Crippen molar-refractivity contribution in [2.75, 3.05) is 13.1 Å². The molecule has 0 radical (unpaired) electrons. The van der Waals surface area contributed by atoms with Gasteiger partial charge in [0.1, 0.15) is 11.5 Å². The topological polar surface area (TPSA) is 64.2 Å². The summed E-state index contributed by atoms with van der Waals surface area (Å²) < 4.78 is 7.11. The number of hydrogen-bond acceptors (Lipinski definition) is 5. The maximum atomic E-state index is 12.2. The number of aryl methyl sites for hydroxylation is 3. The van der Waals surface area contributed by atoms with E-state index in [1.807, 2.05) is 0 Å². The lowest BCUT2D eigenvalue weighted by atomic mass is 9.99. The first-order valence-electron chi connectivity index (χ1n) is 9.05. The Kier molecular flexibility index (Phi) is 3.33. The van der Waals surface area contributed by atoms with E-state index in [2.05, 4.69) is 15.2 Å². The number of nitrogens with zero attached hydrogens (tertiary/aromatic N) is 4. The Morgan fingerprint density at radius 2 is 2.04 bits per heavy atom. The minimum Gasteiger partial charge on any atom is -0.361 e. The molecule has 126 valence electrons. The van der Waals surface area contributed by atoms with E-state index in [9.17, 15) is 4.79 Å². The molecule has 0 N–H and O–H groups in total. The van der Waals surface area contributed by atoms with Gasteiger partial charge in [0, 0.05) is 43.6 Å². The SMILES string of the molecule is O=c1cc2c(nn1CC1CN(Cc3noc4c3CCC4)C1)CCC2. The van der Waals surface area contributed by atoms with E-state index in [1.165, 1.54) is 12.0 Å². The van der Waals surface area contributed by atoms with Crippen LogP contribution in [-0.4, -0.2) is 32.9 Å². The highest BCUT2D eigenvalue weighted by atomic mass is 16.5. The van der Waals surface area contributed by atoms with E-state index in [0.29, 0.717) is 5.92 Å². The third-order valence-electron chi connectivity index (χ3n) is 5.64. The van der Waals surface area contributed by atoms with Crippen molar-refractivity contribution >= 4 is 0 Å². The van der Waals surface area contributed by atoms with Crippen LogP contribution < -0.4 is 5.56 Å². The molecule has 0 aromatic carbocycles. The lowest BCUT2D eigenvalue weighted by Crippen LogP contribution is -2.49. The highest BCUT2D eigenvalue weighted by Gasteiger charge is 2.30. The van der Waals surface area contributed by atoms with E-state index >= 15 is 0 Å². The van der Waals surface area contributed by atoms with Crippen LogP contribution in [0.1, 0.15) is 41.1 Å². The minimum absolute atomic E-state index is 0.0587. The first-order valence-corrected chi connectivity index (χ1v) is 9.05. The molecule has 6 heteroatoms. The zero-order chi connectivity index (χ0) is 16.1. The third-order valence-corrected chi connectivity index (χ3v) is 5.64. The molecule has 0 spiro atoms. The van der Waals surface area contributed by atoms with Crippen molar-refractivity contribution in [1.29, 1.82) is 0 Å². The molecule has 5 rings (SSSR count). The summed E-state index contributed by atoms with van der Waals surface area (Å²) in [5, 5.41) is 8.82. The molecule has 6 nitrogen and oxygen atoms in total. The third kappa shape index (κ3) is 2.40. The van der Waals surface area contributed by atoms with Gasteiger partial charge in [-0.2, -0.15) is 5.10 Å². The highest BCUT2D eigenvalue weighted by Crippen LogP contribution is 2.28. The van der Waals surface area contributed by atoms with Crippen LogP contribution in [0, 0.1) is 5.92 Å². The second-order valence-electron chi connectivity index (χ2n) is 7.43. The number of aromatic nitrogens is 3.